The number of rotatable bonds is 3. The molecule has 0 saturated carbocycles. The fourth-order valence-corrected chi connectivity index (χ4v) is 3.89. The summed E-state index contributed by atoms with van der Waals surface area (Å²) < 4.78 is 0. The Morgan fingerprint density at radius 2 is 1.77 bits per heavy atom. The second-order valence-electron chi connectivity index (χ2n) is 7.45. The SMILES string of the molecule is Cc1nn(-c2ccc(C3C(C)C(=O)N(C)[N+](=O)N3C)c(O)c2)nc1-c1ccccc1. The highest BCUT2D eigenvalue weighted by Crippen LogP contribution is 2.38. The fraction of sp³-hybridized carbons (Fsp3) is 0.286. The molecular formula is C21H23N6O3+. The first-order valence-corrected chi connectivity index (χ1v) is 9.59. The molecule has 2 heterocycles. The van der Waals surface area contributed by atoms with E-state index in [-0.39, 0.29) is 11.7 Å². The molecule has 2 atom stereocenters. The molecular weight excluding hydrogens is 384 g/mol. The Labute approximate surface area is 173 Å². The number of nitrogens with zero attached hydrogens (tertiary/aromatic N) is 6. The quantitative estimate of drug-likeness (QED) is 0.671. The number of carbonyl (C=O) groups is 1. The van der Waals surface area contributed by atoms with E-state index in [2.05, 4.69) is 10.2 Å². The number of carbonyl (C=O) groups excluding carboxylic acids is 1. The van der Waals surface area contributed by atoms with Crippen LogP contribution in [0, 0.1) is 17.7 Å². The first-order chi connectivity index (χ1) is 14.3. The molecule has 1 N–H and O–H groups in total. The molecule has 1 aromatic heterocycles. The third-order valence-electron chi connectivity index (χ3n) is 5.50. The van der Waals surface area contributed by atoms with Gasteiger partial charge in [-0.15, -0.1) is 10.1 Å². The third-order valence-corrected chi connectivity index (χ3v) is 5.50. The Kier molecular flexibility index (Phi) is 4.73. The average Bonchev–Trinajstić information content (AvgIpc) is 3.14. The van der Waals surface area contributed by atoms with E-state index in [9.17, 15) is 14.8 Å². The van der Waals surface area contributed by atoms with Gasteiger partial charge < -0.3 is 5.11 Å². The number of phenols is 1. The van der Waals surface area contributed by atoms with E-state index in [0.717, 1.165) is 22.0 Å². The molecule has 3 aromatic rings. The van der Waals surface area contributed by atoms with Crippen molar-refractivity contribution >= 4 is 5.91 Å². The van der Waals surface area contributed by atoms with Crippen molar-refractivity contribution < 1.29 is 14.9 Å². The summed E-state index contributed by atoms with van der Waals surface area (Å²) in [5.41, 5.74) is 3.55. The van der Waals surface area contributed by atoms with Crippen molar-refractivity contribution in [3.05, 3.63) is 64.7 Å². The van der Waals surface area contributed by atoms with Crippen LogP contribution in [0.2, 0.25) is 0 Å². The number of benzene rings is 2. The van der Waals surface area contributed by atoms with Crippen LogP contribution in [0.15, 0.2) is 48.5 Å². The number of amides is 1. The molecule has 2 aromatic carbocycles. The Balaban J connectivity index is 1.69. The number of aromatic hydroxyl groups is 1. The molecule has 4 rings (SSSR count). The fourth-order valence-electron chi connectivity index (χ4n) is 3.89. The van der Waals surface area contributed by atoms with Crippen molar-refractivity contribution in [1.82, 2.24) is 25.0 Å². The summed E-state index contributed by atoms with van der Waals surface area (Å²) in [6.45, 7) is 3.62. The molecule has 1 aliphatic rings. The van der Waals surface area contributed by atoms with Gasteiger partial charge in [-0.1, -0.05) is 43.3 Å². The zero-order valence-corrected chi connectivity index (χ0v) is 17.2. The second-order valence-corrected chi connectivity index (χ2v) is 7.45. The molecule has 1 aliphatic heterocycles. The number of nitroso groups, excluding NO2 is 1. The van der Waals surface area contributed by atoms with Gasteiger partial charge in [0.1, 0.15) is 17.5 Å². The maximum atomic E-state index is 12.4. The van der Waals surface area contributed by atoms with Crippen LogP contribution >= 0.6 is 0 Å². The molecule has 0 radical (unpaired) electrons. The summed E-state index contributed by atoms with van der Waals surface area (Å²) in [5.74, 6) is -0.844. The third kappa shape index (κ3) is 3.08. The lowest BCUT2D eigenvalue weighted by atomic mass is 9.91. The van der Waals surface area contributed by atoms with Crippen LogP contribution in [-0.4, -0.2) is 55.1 Å². The van der Waals surface area contributed by atoms with E-state index in [0.29, 0.717) is 16.2 Å². The van der Waals surface area contributed by atoms with Crippen LogP contribution < -0.4 is 0 Å². The predicted molar refractivity (Wildman–Crippen MR) is 109 cm³/mol. The molecule has 0 bridgehead atoms. The van der Waals surface area contributed by atoms with Gasteiger partial charge in [0.25, 0.3) is 10.9 Å². The first-order valence-electron chi connectivity index (χ1n) is 9.59. The standard InChI is InChI=1S/C21H22N6O3/c1-13-20(24(3)27(30)25(4)21(13)29)17-11-10-16(12-18(17)28)26-22-14(2)19(23-26)15-8-6-5-7-9-15/h5-13,20H,1-4H3/p+1. The second kappa shape index (κ2) is 7.25. The van der Waals surface area contributed by atoms with E-state index in [1.54, 1.807) is 32.2 Å². The maximum Gasteiger partial charge on any atom is 0.290 e. The lowest BCUT2D eigenvalue weighted by Crippen LogP contribution is -2.55. The molecule has 154 valence electrons. The van der Waals surface area contributed by atoms with Crippen molar-refractivity contribution in [2.75, 3.05) is 14.1 Å². The van der Waals surface area contributed by atoms with Gasteiger partial charge in [-0.3, -0.25) is 4.79 Å². The summed E-state index contributed by atoms with van der Waals surface area (Å²) in [5, 5.41) is 22.2. The molecule has 1 fully saturated rings. The zero-order valence-electron chi connectivity index (χ0n) is 17.2. The topological polar surface area (TPSA) is 94.6 Å². The minimum Gasteiger partial charge on any atom is -0.508 e. The van der Waals surface area contributed by atoms with Crippen molar-refractivity contribution in [3.8, 4) is 22.7 Å². The number of hydrazine groups is 2. The zero-order chi connectivity index (χ0) is 21.6. The Morgan fingerprint density at radius 1 is 1.07 bits per heavy atom. The van der Waals surface area contributed by atoms with Gasteiger partial charge in [0, 0.05) is 17.2 Å². The van der Waals surface area contributed by atoms with Gasteiger partial charge in [-0.2, -0.15) is 9.90 Å². The monoisotopic (exact) mass is 407 g/mol. The number of aryl methyl sites for hydroxylation is 1. The average molecular weight is 407 g/mol. The predicted octanol–water partition coefficient (Wildman–Crippen LogP) is 2.64. The number of hydrogen-bond acceptors (Lipinski definition) is 5. The molecule has 0 spiro atoms. The van der Waals surface area contributed by atoms with E-state index >= 15 is 0 Å². The van der Waals surface area contributed by atoms with E-state index < -0.39 is 12.0 Å². The summed E-state index contributed by atoms with van der Waals surface area (Å²) in [7, 11) is 3.02. The number of aromatic nitrogens is 3. The largest absolute Gasteiger partial charge is 0.508 e. The molecule has 1 amide bonds. The van der Waals surface area contributed by atoms with Crippen molar-refractivity contribution in [2.24, 2.45) is 5.92 Å². The van der Waals surface area contributed by atoms with E-state index in [1.807, 2.05) is 37.3 Å². The van der Waals surface area contributed by atoms with Crippen molar-refractivity contribution in [3.63, 3.8) is 0 Å². The highest BCUT2D eigenvalue weighted by atomic mass is 16.4. The Morgan fingerprint density at radius 3 is 2.43 bits per heavy atom. The van der Waals surface area contributed by atoms with Gasteiger partial charge in [0.2, 0.25) is 0 Å². The molecule has 0 aliphatic carbocycles. The van der Waals surface area contributed by atoms with Crippen molar-refractivity contribution in [2.45, 2.75) is 19.9 Å². The minimum atomic E-state index is -0.590. The molecule has 2 unspecified atom stereocenters. The van der Waals surface area contributed by atoms with Gasteiger partial charge in [0.15, 0.2) is 0 Å². The highest BCUT2D eigenvalue weighted by molar-refractivity contribution is 5.78. The normalized spacial score (nSPS) is 19.5. The summed E-state index contributed by atoms with van der Waals surface area (Å²) in [4.78, 5) is 26.6. The van der Waals surface area contributed by atoms with Crippen LogP contribution in [0.4, 0.5) is 0 Å². The minimum absolute atomic E-state index is 0.0295. The van der Waals surface area contributed by atoms with Crippen LogP contribution in [-0.2, 0) is 4.79 Å². The summed E-state index contributed by atoms with van der Waals surface area (Å²) in [6, 6.07) is 14.2. The molecule has 9 heteroatoms. The van der Waals surface area contributed by atoms with E-state index in [4.69, 9.17) is 0 Å². The lowest BCUT2D eigenvalue weighted by molar-refractivity contribution is -0.823. The number of hydrogen-bond donors (Lipinski definition) is 1. The molecule has 9 nitrogen and oxygen atoms in total. The van der Waals surface area contributed by atoms with Crippen molar-refractivity contribution in [1.29, 1.82) is 0 Å². The molecule has 1 saturated heterocycles. The van der Waals surface area contributed by atoms with E-state index in [1.165, 1.54) is 16.9 Å². The van der Waals surface area contributed by atoms with Crippen LogP contribution in [0.5, 0.6) is 5.75 Å². The van der Waals surface area contributed by atoms with Gasteiger partial charge >= 0.3 is 0 Å². The van der Waals surface area contributed by atoms with Gasteiger partial charge in [0.05, 0.1) is 36.3 Å². The van der Waals surface area contributed by atoms with Crippen LogP contribution in [0.25, 0.3) is 16.9 Å². The maximum absolute atomic E-state index is 12.4. The molecule has 30 heavy (non-hydrogen) atoms. The van der Waals surface area contributed by atoms with Gasteiger partial charge in [-0.25, -0.2) is 0 Å². The highest BCUT2D eigenvalue weighted by Gasteiger charge is 2.48. The van der Waals surface area contributed by atoms with Crippen LogP contribution in [0.3, 0.4) is 0 Å². The Hall–Kier alpha value is -3.75. The van der Waals surface area contributed by atoms with Gasteiger partial charge in [-0.05, 0) is 18.0 Å². The Bertz CT molecular complexity index is 1110. The first kappa shape index (κ1) is 19.6. The number of phenolic OH excluding ortho intramolecular Hbond substituents is 1. The summed E-state index contributed by atoms with van der Waals surface area (Å²) >= 11 is 0. The van der Waals surface area contributed by atoms with Crippen LogP contribution in [0.1, 0.15) is 24.2 Å². The summed E-state index contributed by atoms with van der Waals surface area (Å²) in [6.07, 6.45) is 0. The lowest BCUT2D eigenvalue weighted by Gasteiger charge is -2.32. The smallest absolute Gasteiger partial charge is 0.290 e.